The van der Waals surface area contributed by atoms with Crippen molar-refractivity contribution < 1.29 is 33.9 Å². The van der Waals surface area contributed by atoms with Crippen molar-refractivity contribution >= 4 is 35.5 Å². The van der Waals surface area contributed by atoms with E-state index in [0.717, 1.165) is 0 Å². The van der Waals surface area contributed by atoms with E-state index in [0.29, 0.717) is 90.3 Å². The molecular formula is C35H67N9O7. The van der Waals surface area contributed by atoms with Crippen molar-refractivity contribution in [3.05, 3.63) is 0 Å². The third-order valence-corrected chi connectivity index (χ3v) is 9.40. The van der Waals surface area contributed by atoms with Crippen LogP contribution in [0.15, 0.2) is 0 Å². The molecule has 1 heterocycles. The summed E-state index contributed by atoms with van der Waals surface area (Å²) in [5.41, 5.74) is 23.1. The van der Waals surface area contributed by atoms with Crippen molar-refractivity contribution in [3.8, 4) is 0 Å². The molecule has 0 aromatic carbocycles. The molecule has 0 spiro atoms. The van der Waals surface area contributed by atoms with Gasteiger partial charge in [-0.2, -0.15) is 0 Å². The molecule has 1 saturated heterocycles. The first kappa shape index (κ1) is 45.7. The highest BCUT2D eigenvalue weighted by Crippen LogP contribution is 2.20. The van der Waals surface area contributed by atoms with Crippen LogP contribution < -0.4 is 44.2 Å². The predicted molar refractivity (Wildman–Crippen MR) is 196 cm³/mol. The van der Waals surface area contributed by atoms with Crippen LogP contribution in [0.1, 0.15) is 111 Å². The Morgan fingerprint density at radius 1 is 0.706 bits per heavy atom. The summed E-state index contributed by atoms with van der Waals surface area (Å²) in [6, 6.07) is -5.86. The second-order valence-electron chi connectivity index (χ2n) is 14.2. The van der Waals surface area contributed by atoms with Crippen molar-refractivity contribution in [1.29, 1.82) is 0 Å². The molecular weight excluding hydrogens is 658 g/mol. The number of nitrogens with zero attached hydrogens (tertiary/aromatic N) is 1. The van der Waals surface area contributed by atoms with Gasteiger partial charge in [0.25, 0.3) is 0 Å². The predicted octanol–water partition coefficient (Wildman–Crippen LogP) is -0.192. The Morgan fingerprint density at radius 2 is 1.18 bits per heavy atom. The van der Waals surface area contributed by atoms with E-state index in [2.05, 4.69) is 21.3 Å². The van der Waals surface area contributed by atoms with Gasteiger partial charge in [-0.25, -0.2) is 4.79 Å². The minimum Gasteiger partial charge on any atom is -0.480 e. The third kappa shape index (κ3) is 16.3. The summed E-state index contributed by atoms with van der Waals surface area (Å²) in [7, 11) is 0. The molecule has 0 aromatic rings. The van der Waals surface area contributed by atoms with Gasteiger partial charge in [0, 0.05) is 6.54 Å². The van der Waals surface area contributed by atoms with E-state index in [4.69, 9.17) is 22.9 Å². The molecule has 0 aliphatic carbocycles. The zero-order valence-corrected chi connectivity index (χ0v) is 31.3. The first-order valence-electron chi connectivity index (χ1n) is 18.8. The Kier molecular flexibility index (Phi) is 22.2. The van der Waals surface area contributed by atoms with Crippen molar-refractivity contribution in [1.82, 2.24) is 26.2 Å². The fourth-order valence-corrected chi connectivity index (χ4v) is 6.14. The summed E-state index contributed by atoms with van der Waals surface area (Å²) in [6.45, 7) is 9.00. The van der Waals surface area contributed by atoms with Gasteiger partial charge in [0.15, 0.2) is 0 Å². The number of hydrogen-bond acceptors (Lipinski definition) is 10. The molecule has 0 bridgehead atoms. The van der Waals surface area contributed by atoms with Gasteiger partial charge < -0.3 is 54.2 Å². The maximum absolute atomic E-state index is 13.9. The topological polar surface area (TPSA) is 278 Å². The monoisotopic (exact) mass is 726 g/mol. The van der Waals surface area contributed by atoms with Crippen LogP contribution in [0, 0.1) is 11.8 Å². The van der Waals surface area contributed by atoms with Crippen molar-refractivity contribution in [2.45, 2.75) is 147 Å². The Bertz CT molecular complexity index is 1110. The van der Waals surface area contributed by atoms with E-state index in [-0.39, 0.29) is 31.2 Å². The molecule has 7 atom stereocenters. The molecule has 5 amide bonds. The average Bonchev–Trinajstić information content (AvgIpc) is 3.59. The largest absolute Gasteiger partial charge is 0.480 e. The first-order valence-corrected chi connectivity index (χ1v) is 18.8. The normalized spacial score (nSPS) is 17.9. The highest BCUT2D eigenvalue weighted by Gasteiger charge is 2.39. The van der Waals surface area contributed by atoms with Crippen LogP contribution in [0.25, 0.3) is 0 Å². The first-order chi connectivity index (χ1) is 24.2. The molecule has 1 aliphatic rings. The van der Waals surface area contributed by atoms with E-state index in [1.54, 1.807) is 6.92 Å². The Balaban J connectivity index is 3.26. The third-order valence-electron chi connectivity index (χ3n) is 9.40. The number of carboxylic acids is 1. The molecule has 0 unspecified atom stereocenters. The summed E-state index contributed by atoms with van der Waals surface area (Å²) in [6.07, 6.45) is 5.99. The molecule has 0 saturated carbocycles. The van der Waals surface area contributed by atoms with Gasteiger partial charge >= 0.3 is 5.97 Å². The number of carbonyl (C=O) groups is 6. The van der Waals surface area contributed by atoms with Crippen LogP contribution >= 0.6 is 0 Å². The molecule has 16 heteroatoms. The summed E-state index contributed by atoms with van der Waals surface area (Å²) < 4.78 is 0. The van der Waals surface area contributed by atoms with Crippen molar-refractivity contribution in [2.75, 3.05) is 26.2 Å². The number of nitrogens with two attached hydrogens (primary N) is 4. The highest BCUT2D eigenvalue weighted by molar-refractivity contribution is 5.96. The lowest BCUT2D eigenvalue weighted by Crippen LogP contribution is -2.60. The summed E-state index contributed by atoms with van der Waals surface area (Å²) in [5, 5.41) is 20.8. The molecule has 294 valence electrons. The minimum atomic E-state index is -1.10. The molecule has 1 aliphatic heterocycles. The van der Waals surface area contributed by atoms with Crippen LogP contribution in [-0.2, 0) is 28.8 Å². The van der Waals surface area contributed by atoms with Gasteiger partial charge in [-0.05, 0) is 109 Å². The Labute approximate surface area is 303 Å². The van der Waals surface area contributed by atoms with Gasteiger partial charge in [-0.1, -0.05) is 34.1 Å². The van der Waals surface area contributed by atoms with E-state index in [1.807, 2.05) is 20.8 Å². The summed E-state index contributed by atoms with van der Waals surface area (Å²) in [5.74, 6) is -3.97. The van der Waals surface area contributed by atoms with Gasteiger partial charge in [0.1, 0.15) is 30.2 Å². The lowest BCUT2D eigenvalue weighted by atomic mass is 9.96. The maximum atomic E-state index is 13.9. The SMILES string of the molecule is CC[C@H](C)[C@H](NC(=O)[C@H](CCCCN)NC(=O)[C@@H](N)CC(C)C)C(=O)N[C@@H](CCCCN)C(=O)N[C@@H](CCCCN)C(=O)N1CCC[C@H]1C(=O)O. The number of unbranched alkanes of at least 4 members (excludes halogenated alkanes) is 3. The minimum absolute atomic E-state index is 0.171. The zero-order valence-electron chi connectivity index (χ0n) is 31.3. The molecule has 13 N–H and O–H groups in total. The molecule has 0 radical (unpaired) electrons. The van der Waals surface area contributed by atoms with Gasteiger partial charge in [0.2, 0.25) is 29.5 Å². The number of nitrogens with one attached hydrogen (secondary N) is 4. The fraction of sp³-hybridized carbons (Fsp3) is 0.829. The summed E-state index contributed by atoms with van der Waals surface area (Å²) in [4.78, 5) is 81.0. The van der Waals surface area contributed by atoms with Crippen LogP contribution in [-0.4, -0.2) is 108 Å². The van der Waals surface area contributed by atoms with Gasteiger partial charge in [-0.15, -0.1) is 0 Å². The van der Waals surface area contributed by atoms with E-state index in [1.165, 1.54) is 4.90 Å². The van der Waals surface area contributed by atoms with Crippen LogP contribution in [0.5, 0.6) is 0 Å². The van der Waals surface area contributed by atoms with E-state index >= 15 is 0 Å². The maximum Gasteiger partial charge on any atom is 0.326 e. The number of rotatable bonds is 26. The van der Waals surface area contributed by atoms with Crippen molar-refractivity contribution in [3.63, 3.8) is 0 Å². The van der Waals surface area contributed by atoms with Crippen LogP contribution in [0.3, 0.4) is 0 Å². The Hall–Kier alpha value is -3.34. The number of aliphatic carboxylic acids is 1. The average molecular weight is 726 g/mol. The zero-order chi connectivity index (χ0) is 38.5. The summed E-state index contributed by atoms with van der Waals surface area (Å²) >= 11 is 0. The molecule has 1 rings (SSSR count). The lowest BCUT2D eigenvalue weighted by Gasteiger charge is -2.30. The lowest BCUT2D eigenvalue weighted by molar-refractivity contribution is -0.149. The standard InChI is InChI=1S/C35H67N9O7/c1-5-23(4)29(43-32(47)26(14-7-10-18-37)40-30(45)24(39)21-22(2)3)33(48)41-25(13-6-9-17-36)31(46)42-27(15-8-11-19-38)34(49)44-20-12-16-28(44)35(50)51/h22-29H,5-21,36-39H2,1-4H3,(H,40,45)(H,41,48)(H,42,46)(H,43,47)(H,50,51)/t23-,24-,25-,26-,27-,28-,29-/m0/s1. The van der Waals surface area contributed by atoms with Gasteiger partial charge in [-0.3, -0.25) is 24.0 Å². The number of likely N-dealkylation sites (tertiary alicyclic amines) is 1. The number of amides is 5. The van der Waals surface area contributed by atoms with Crippen LogP contribution in [0.2, 0.25) is 0 Å². The second-order valence-corrected chi connectivity index (χ2v) is 14.2. The smallest absolute Gasteiger partial charge is 0.326 e. The number of carbonyl (C=O) groups excluding carboxylic acids is 5. The Morgan fingerprint density at radius 3 is 1.65 bits per heavy atom. The van der Waals surface area contributed by atoms with Gasteiger partial charge in [0.05, 0.1) is 6.04 Å². The van der Waals surface area contributed by atoms with E-state index in [9.17, 15) is 33.9 Å². The number of carboxylic acid groups (broad SMARTS) is 1. The fourth-order valence-electron chi connectivity index (χ4n) is 6.14. The molecule has 16 nitrogen and oxygen atoms in total. The quantitative estimate of drug-likeness (QED) is 0.0527. The second kappa shape index (κ2) is 24.8. The van der Waals surface area contributed by atoms with Crippen molar-refractivity contribution in [2.24, 2.45) is 34.8 Å². The van der Waals surface area contributed by atoms with Crippen LogP contribution in [0.4, 0.5) is 0 Å². The molecule has 0 aromatic heterocycles. The van der Waals surface area contributed by atoms with E-state index < -0.39 is 71.8 Å². The number of hydrogen-bond donors (Lipinski definition) is 9. The molecule has 51 heavy (non-hydrogen) atoms. The molecule has 1 fully saturated rings. The highest BCUT2D eigenvalue weighted by atomic mass is 16.4.